The van der Waals surface area contributed by atoms with E-state index in [1.165, 1.54) is 16.6 Å². The van der Waals surface area contributed by atoms with Crippen LogP contribution in [0.3, 0.4) is 0 Å². The molecule has 3 aromatic heterocycles. The second kappa shape index (κ2) is 13.3. The number of ether oxygens (including phenoxy) is 2. The SMILES string of the molecule is COCCOC1CCC(c2nc3c(-c4ccc(-c5ccc(O)c(F)c5)nc4)cnn3c(N)c2S(C)(=O)=O)CC1.O=C(O)O. The van der Waals surface area contributed by atoms with Crippen LogP contribution in [0.5, 0.6) is 5.75 Å². The van der Waals surface area contributed by atoms with E-state index in [1.54, 1.807) is 37.7 Å². The maximum Gasteiger partial charge on any atom is 0.503 e. The standard InChI is InChI=1S/C27H30FN5O5S.CH2O3/c1-37-11-12-38-19-7-3-16(4-8-19)24-25(39(2,35)36)26(29)33-27(32-24)20(15-31-33)18-5-9-22(30-14-18)17-6-10-23(34)21(28)13-17;2-1(3)4/h5-6,9-10,13-16,19,34H,3-4,7-8,11-12,29H2,1-2H3;(H2,2,3,4). The third-order valence-corrected chi connectivity index (χ3v) is 8.21. The largest absolute Gasteiger partial charge is 0.505 e. The summed E-state index contributed by atoms with van der Waals surface area (Å²) in [6.45, 7) is 1.05. The Labute approximate surface area is 246 Å². The fourth-order valence-corrected chi connectivity index (χ4v) is 6.13. The van der Waals surface area contributed by atoms with E-state index >= 15 is 0 Å². The van der Waals surface area contributed by atoms with Gasteiger partial charge in [-0.2, -0.15) is 9.61 Å². The molecule has 3 heterocycles. The van der Waals surface area contributed by atoms with Crippen molar-refractivity contribution in [3.8, 4) is 28.1 Å². The molecule has 5 rings (SSSR count). The number of phenols is 1. The van der Waals surface area contributed by atoms with Crippen LogP contribution in [0.15, 0.2) is 47.6 Å². The molecule has 0 spiro atoms. The van der Waals surface area contributed by atoms with Gasteiger partial charge in [0.15, 0.2) is 27.1 Å². The molecule has 1 aliphatic rings. The van der Waals surface area contributed by atoms with Gasteiger partial charge in [-0.25, -0.2) is 22.6 Å². The number of nitrogens with zero attached hydrogens (tertiary/aromatic N) is 4. The zero-order valence-electron chi connectivity index (χ0n) is 23.5. The molecule has 0 aliphatic heterocycles. The molecule has 13 nitrogen and oxygen atoms in total. The summed E-state index contributed by atoms with van der Waals surface area (Å²) in [5.74, 6) is -1.24. The number of benzene rings is 1. The summed E-state index contributed by atoms with van der Waals surface area (Å²) >= 11 is 0. The number of anilines is 1. The lowest BCUT2D eigenvalue weighted by Gasteiger charge is -2.29. The van der Waals surface area contributed by atoms with Crippen molar-refractivity contribution in [2.75, 3.05) is 32.3 Å². The van der Waals surface area contributed by atoms with Crippen molar-refractivity contribution in [2.24, 2.45) is 0 Å². The minimum atomic E-state index is -3.69. The summed E-state index contributed by atoms with van der Waals surface area (Å²) in [6.07, 6.45) is 5.56. The van der Waals surface area contributed by atoms with Gasteiger partial charge in [0.2, 0.25) is 0 Å². The Morgan fingerprint density at radius 2 is 1.77 bits per heavy atom. The van der Waals surface area contributed by atoms with Crippen molar-refractivity contribution in [3.63, 3.8) is 0 Å². The third-order valence-electron chi connectivity index (χ3n) is 7.05. The molecule has 1 saturated carbocycles. The Kier molecular flexibility index (Phi) is 9.78. The molecule has 0 bridgehead atoms. The minimum absolute atomic E-state index is 0.0104. The lowest BCUT2D eigenvalue weighted by atomic mass is 9.85. The van der Waals surface area contributed by atoms with Crippen LogP contribution in [0, 0.1) is 5.82 Å². The molecule has 0 radical (unpaired) electrons. The average molecular weight is 618 g/mol. The van der Waals surface area contributed by atoms with Crippen LogP contribution in [0.2, 0.25) is 0 Å². The van der Waals surface area contributed by atoms with Crippen LogP contribution in [0.25, 0.3) is 28.0 Å². The first-order valence-electron chi connectivity index (χ1n) is 13.3. The number of methoxy groups -OCH3 is 1. The predicted octanol–water partition coefficient (Wildman–Crippen LogP) is 4.20. The highest BCUT2D eigenvalue weighted by molar-refractivity contribution is 7.91. The highest BCUT2D eigenvalue weighted by Crippen LogP contribution is 2.39. The number of halogens is 1. The van der Waals surface area contributed by atoms with Crippen LogP contribution < -0.4 is 5.73 Å². The van der Waals surface area contributed by atoms with Gasteiger partial charge in [0.1, 0.15) is 10.7 Å². The highest BCUT2D eigenvalue weighted by Gasteiger charge is 2.32. The third kappa shape index (κ3) is 7.36. The number of nitrogens with two attached hydrogens (primary N) is 1. The Bertz CT molecular complexity index is 1700. The van der Waals surface area contributed by atoms with E-state index in [9.17, 15) is 17.9 Å². The molecule has 15 heteroatoms. The van der Waals surface area contributed by atoms with Crippen molar-refractivity contribution in [1.29, 1.82) is 0 Å². The smallest absolute Gasteiger partial charge is 0.503 e. The van der Waals surface area contributed by atoms with Crippen LogP contribution in [0.4, 0.5) is 15.0 Å². The molecular weight excluding hydrogens is 585 g/mol. The molecule has 0 atom stereocenters. The second-order valence-corrected chi connectivity index (χ2v) is 11.9. The number of pyridine rings is 1. The zero-order chi connectivity index (χ0) is 31.3. The quantitative estimate of drug-likeness (QED) is 0.206. The molecule has 1 fully saturated rings. The van der Waals surface area contributed by atoms with Crippen molar-refractivity contribution in [1.82, 2.24) is 19.6 Å². The predicted molar refractivity (Wildman–Crippen MR) is 154 cm³/mol. The fourth-order valence-electron chi connectivity index (χ4n) is 5.07. The Morgan fingerprint density at radius 3 is 2.35 bits per heavy atom. The number of aromatic hydroxyl groups is 1. The van der Waals surface area contributed by atoms with Gasteiger partial charge in [-0.05, 0) is 49.9 Å². The van der Waals surface area contributed by atoms with Crippen molar-refractivity contribution >= 4 is 27.5 Å². The first kappa shape index (κ1) is 31.6. The number of phenolic OH excluding ortho intramolecular Hbond substituents is 1. The molecular formula is C28H32FN5O8S. The number of aromatic nitrogens is 4. The van der Waals surface area contributed by atoms with E-state index < -0.39 is 27.6 Å². The van der Waals surface area contributed by atoms with Gasteiger partial charge < -0.3 is 30.5 Å². The maximum absolute atomic E-state index is 13.8. The van der Waals surface area contributed by atoms with Crippen LogP contribution in [0.1, 0.15) is 37.3 Å². The fraction of sp³-hybridized carbons (Fsp3) is 0.357. The van der Waals surface area contributed by atoms with Gasteiger partial charge in [0, 0.05) is 42.2 Å². The van der Waals surface area contributed by atoms with E-state index in [2.05, 4.69) is 10.1 Å². The van der Waals surface area contributed by atoms with Crippen molar-refractivity contribution in [2.45, 2.75) is 42.6 Å². The van der Waals surface area contributed by atoms with E-state index in [0.29, 0.717) is 59.8 Å². The Balaban J connectivity index is 0.000000996. The summed E-state index contributed by atoms with van der Waals surface area (Å²) in [5.41, 5.74) is 9.64. The number of hydrogen-bond donors (Lipinski definition) is 4. The number of nitrogen functional groups attached to an aromatic ring is 1. The van der Waals surface area contributed by atoms with Crippen LogP contribution in [-0.2, 0) is 19.3 Å². The molecule has 1 aliphatic carbocycles. The zero-order valence-corrected chi connectivity index (χ0v) is 24.3. The number of sulfone groups is 1. The molecule has 5 N–H and O–H groups in total. The molecule has 43 heavy (non-hydrogen) atoms. The van der Waals surface area contributed by atoms with E-state index in [1.807, 2.05) is 0 Å². The average Bonchev–Trinajstić information content (AvgIpc) is 3.39. The van der Waals surface area contributed by atoms with E-state index in [-0.39, 0.29) is 22.7 Å². The van der Waals surface area contributed by atoms with E-state index in [4.69, 9.17) is 35.2 Å². The lowest BCUT2D eigenvalue weighted by molar-refractivity contribution is -0.00308. The summed E-state index contributed by atoms with van der Waals surface area (Å²) in [6, 6.07) is 7.59. The first-order valence-corrected chi connectivity index (χ1v) is 15.1. The first-order chi connectivity index (χ1) is 20.4. The van der Waals surface area contributed by atoms with Gasteiger partial charge in [-0.3, -0.25) is 4.98 Å². The molecule has 0 amide bonds. The summed E-state index contributed by atoms with van der Waals surface area (Å²) in [7, 11) is -2.06. The molecule has 0 saturated heterocycles. The van der Waals surface area contributed by atoms with Crippen molar-refractivity contribution < 1.29 is 42.4 Å². The Morgan fingerprint density at radius 1 is 1.09 bits per heavy atom. The van der Waals surface area contributed by atoms with Crippen LogP contribution >= 0.6 is 0 Å². The topological polar surface area (TPSA) is 199 Å². The summed E-state index contributed by atoms with van der Waals surface area (Å²) < 4.78 is 51.8. The molecule has 230 valence electrons. The summed E-state index contributed by atoms with van der Waals surface area (Å²) in [5, 5.41) is 27.7. The molecule has 4 aromatic rings. The number of carbonyl (C=O) groups is 1. The van der Waals surface area contributed by atoms with Crippen LogP contribution in [-0.4, -0.2) is 82.2 Å². The number of rotatable bonds is 8. The summed E-state index contributed by atoms with van der Waals surface area (Å²) in [4.78, 5) is 17.9. The minimum Gasteiger partial charge on any atom is -0.505 e. The van der Waals surface area contributed by atoms with Crippen molar-refractivity contribution in [3.05, 3.63) is 54.2 Å². The van der Waals surface area contributed by atoms with Gasteiger partial charge >= 0.3 is 6.16 Å². The molecule has 1 aromatic carbocycles. The maximum atomic E-state index is 13.8. The van der Waals surface area contributed by atoms with Gasteiger partial charge in [0.05, 0.1) is 36.9 Å². The molecule has 0 unspecified atom stereocenters. The highest BCUT2D eigenvalue weighted by atomic mass is 32.2. The number of fused-ring (bicyclic) bond motifs is 1. The lowest BCUT2D eigenvalue weighted by Crippen LogP contribution is -2.24. The second-order valence-electron chi connectivity index (χ2n) is 10.00. The monoisotopic (exact) mass is 617 g/mol. The van der Waals surface area contributed by atoms with Gasteiger partial charge in [0.25, 0.3) is 0 Å². The normalized spacial score (nSPS) is 16.9. The Hall–Kier alpha value is -4.34. The van der Waals surface area contributed by atoms with E-state index in [0.717, 1.165) is 19.1 Å². The van der Waals surface area contributed by atoms with Gasteiger partial charge in [-0.15, -0.1) is 0 Å². The number of carboxylic acid groups (broad SMARTS) is 2. The van der Waals surface area contributed by atoms with Gasteiger partial charge in [-0.1, -0.05) is 6.07 Å². The number of hydrogen-bond acceptors (Lipinski definition) is 10.